The van der Waals surface area contributed by atoms with Crippen LogP contribution in [0.4, 0.5) is 10.1 Å². The minimum atomic E-state index is -0.160. The number of aromatic nitrogens is 2. The first-order valence-corrected chi connectivity index (χ1v) is 8.65. The Hall–Kier alpha value is -2.82. The van der Waals surface area contributed by atoms with Gasteiger partial charge in [-0.3, -0.25) is 5.10 Å². The number of nitrogens with zero attached hydrogens (tertiary/aromatic N) is 3. The Bertz CT molecular complexity index is 990. The summed E-state index contributed by atoms with van der Waals surface area (Å²) in [6, 6.07) is 11.8. The maximum atomic E-state index is 13.7. The molecule has 3 heterocycles. The van der Waals surface area contributed by atoms with Crippen molar-refractivity contribution in [1.82, 2.24) is 15.1 Å². The van der Waals surface area contributed by atoms with Crippen molar-refractivity contribution in [3.05, 3.63) is 71.4 Å². The summed E-state index contributed by atoms with van der Waals surface area (Å²) in [5.41, 5.74) is 5.33. The molecule has 1 saturated heterocycles. The molecule has 4 nitrogen and oxygen atoms in total. The topological polar surface area (TPSA) is 35.2 Å². The van der Waals surface area contributed by atoms with Crippen LogP contribution in [-0.2, 0) is 0 Å². The summed E-state index contributed by atoms with van der Waals surface area (Å²) in [4.78, 5) is 4.72. The molecule has 25 heavy (non-hydrogen) atoms. The second-order valence-corrected chi connectivity index (χ2v) is 6.85. The molecular weight excluding hydrogens is 315 g/mol. The average Bonchev–Trinajstić information content (AvgIpc) is 3.31. The summed E-state index contributed by atoms with van der Waals surface area (Å²) in [5, 5.41) is 8.25. The maximum Gasteiger partial charge on any atom is 0.132 e. The number of hydrogen-bond donors (Lipinski definition) is 1. The summed E-state index contributed by atoms with van der Waals surface area (Å²) in [6.07, 6.45) is 6.48. The average molecular weight is 334 g/mol. The highest BCUT2D eigenvalue weighted by atomic mass is 19.1. The highest BCUT2D eigenvalue weighted by Crippen LogP contribution is 2.43. The molecule has 126 valence electrons. The van der Waals surface area contributed by atoms with E-state index in [4.69, 9.17) is 0 Å². The summed E-state index contributed by atoms with van der Waals surface area (Å²) >= 11 is 0. The van der Waals surface area contributed by atoms with Gasteiger partial charge in [0, 0.05) is 29.5 Å². The fraction of sp³-hybridized carbons (Fsp3) is 0.250. The number of aryl methyl sites for hydroxylation is 1. The molecule has 0 radical (unpaired) electrons. The zero-order valence-electron chi connectivity index (χ0n) is 14.0. The van der Waals surface area contributed by atoms with Gasteiger partial charge in [-0.2, -0.15) is 5.10 Å². The summed E-state index contributed by atoms with van der Waals surface area (Å²) < 4.78 is 13.7. The zero-order chi connectivity index (χ0) is 17.0. The lowest BCUT2D eigenvalue weighted by molar-refractivity contribution is 0.319. The van der Waals surface area contributed by atoms with Crippen molar-refractivity contribution in [3.63, 3.8) is 0 Å². The number of fused-ring (bicyclic) bond motifs is 2. The van der Waals surface area contributed by atoms with Crippen LogP contribution >= 0.6 is 0 Å². The van der Waals surface area contributed by atoms with Crippen LogP contribution in [-0.4, -0.2) is 21.6 Å². The Morgan fingerprint density at radius 2 is 2.12 bits per heavy atom. The minimum Gasteiger partial charge on any atom is -0.349 e. The van der Waals surface area contributed by atoms with E-state index in [-0.39, 0.29) is 12.0 Å². The van der Waals surface area contributed by atoms with Gasteiger partial charge in [0.1, 0.15) is 12.0 Å². The van der Waals surface area contributed by atoms with Crippen molar-refractivity contribution in [1.29, 1.82) is 0 Å². The van der Waals surface area contributed by atoms with E-state index in [1.54, 1.807) is 6.07 Å². The van der Waals surface area contributed by atoms with Crippen molar-refractivity contribution in [2.45, 2.75) is 25.9 Å². The van der Waals surface area contributed by atoms with E-state index in [9.17, 15) is 4.39 Å². The Balaban J connectivity index is 1.62. The number of rotatable bonds is 2. The normalized spacial score (nSPS) is 19.6. The third kappa shape index (κ3) is 2.22. The molecule has 0 amide bonds. The van der Waals surface area contributed by atoms with Crippen LogP contribution in [0, 0.1) is 12.7 Å². The molecule has 1 aromatic heterocycles. The van der Waals surface area contributed by atoms with Gasteiger partial charge < -0.3 is 9.80 Å². The van der Waals surface area contributed by atoms with Crippen molar-refractivity contribution in [3.8, 4) is 0 Å². The molecule has 5 heteroatoms. The fourth-order valence-electron chi connectivity index (χ4n) is 3.98. The smallest absolute Gasteiger partial charge is 0.132 e. The number of aromatic amines is 1. The van der Waals surface area contributed by atoms with Gasteiger partial charge in [-0.15, -0.1) is 0 Å². The zero-order valence-corrected chi connectivity index (χ0v) is 14.0. The monoisotopic (exact) mass is 334 g/mol. The van der Waals surface area contributed by atoms with E-state index in [1.807, 2.05) is 25.3 Å². The van der Waals surface area contributed by atoms with Gasteiger partial charge in [-0.05, 0) is 61.2 Å². The summed E-state index contributed by atoms with van der Waals surface area (Å²) in [5.74, 6) is -0.160. The molecule has 0 spiro atoms. The number of allylic oxidation sites excluding steroid dienone is 1. The third-order valence-corrected chi connectivity index (χ3v) is 5.25. The number of benzene rings is 2. The Labute approximate surface area is 145 Å². The Kier molecular flexibility index (Phi) is 3.10. The molecule has 3 aromatic rings. The first-order valence-electron chi connectivity index (χ1n) is 8.65. The van der Waals surface area contributed by atoms with E-state index in [2.05, 4.69) is 44.4 Å². The van der Waals surface area contributed by atoms with E-state index in [1.165, 1.54) is 17.7 Å². The number of halogens is 1. The van der Waals surface area contributed by atoms with Gasteiger partial charge in [0.15, 0.2) is 0 Å². The van der Waals surface area contributed by atoms with Gasteiger partial charge in [-0.1, -0.05) is 6.07 Å². The number of anilines is 1. The quantitative estimate of drug-likeness (QED) is 0.751. The van der Waals surface area contributed by atoms with Crippen molar-refractivity contribution < 1.29 is 4.39 Å². The van der Waals surface area contributed by atoms with E-state index >= 15 is 0 Å². The Morgan fingerprint density at radius 1 is 1.20 bits per heavy atom. The first-order chi connectivity index (χ1) is 12.2. The molecule has 2 aromatic carbocycles. The van der Waals surface area contributed by atoms with Crippen molar-refractivity contribution in [2.75, 3.05) is 11.4 Å². The molecule has 2 aliphatic rings. The molecular formula is C20H19FN4. The first kappa shape index (κ1) is 14.5. The lowest BCUT2D eigenvalue weighted by Gasteiger charge is -2.32. The van der Waals surface area contributed by atoms with Gasteiger partial charge in [0.05, 0.1) is 11.7 Å². The highest BCUT2D eigenvalue weighted by molar-refractivity contribution is 5.79. The van der Waals surface area contributed by atoms with Crippen LogP contribution in [0.15, 0.2) is 54.5 Å². The standard InChI is InChI=1S/C20H19FN4/c1-13-9-16(5-6-18(13)21)25-12-17-3-2-8-24(17)20(25)14-4-7-19-15(10-14)11-22-23-19/h4-7,9-12,20H,2-3,8H2,1H3,(H,22,23). The van der Waals surface area contributed by atoms with E-state index in [0.29, 0.717) is 5.56 Å². The van der Waals surface area contributed by atoms with Gasteiger partial charge in [0.25, 0.3) is 0 Å². The van der Waals surface area contributed by atoms with Gasteiger partial charge >= 0.3 is 0 Å². The van der Waals surface area contributed by atoms with Crippen molar-refractivity contribution >= 4 is 16.6 Å². The Morgan fingerprint density at radius 3 is 3.00 bits per heavy atom. The lowest BCUT2D eigenvalue weighted by atomic mass is 10.1. The highest BCUT2D eigenvalue weighted by Gasteiger charge is 2.36. The van der Waals surface area contributed by atoms with Gasteiger partial charge in [-0.25, -0.2) is 4.39 Å². The molecule has 2 aliphatic heterocycles. The largest absolute Gasteiger partial charge is 0.349 e. The van der Waals surface area contributed by atoms with Crippen LogP contribution in [0.5, 0.6) is 0 Å². The lowest BCUT2D eigenvalue weighted by Crippen LogP contribution is -2.30. The predicted molar refractivity (Wildman–Crippen MR) is 96.5 cm³/mol. The van der Waals surface area contributed by atoms with Gasteiger partial charge in [0.2, 0.25) is 0 Å². The predicted octanol–water partition coefficient (Wildman–Crippen LogP) is 4.47. The van der Waals surface area contributed by atoms with E-state index in [0.717, 1.165) is 29.6 Å². The van der Waals surface area contributed by atoms with E-state index < -0.39 is 0 Å². The number of hydrogen-bond acceptors (Lipinski definition) is 3. The van der Waals surface area contributed by atoms with Crippen LogP contribution in [0.3, 0.4) is 0 Å². The molecule has 0 bridgehead atoms. The minimum absolute atomic E-state index is 0.113. The van der Waals surface area contributed by atoms with Crippen LogP contribution < -0.4 is 4.90 Å². The number of nitrogens with one attached hydrogen (secondary N) is 1. The fourth-order valence-corrected chi connectivity index (χ4v) is 3.98. The summed E-state index contributed by atoms with van der Waals surface area (Å²) in [7, 11) is 0. The molecule has 1 unspecified atom stereocenters. The molecule has 1 fully saturated rings. The van der Waals surface area contributed by atoms with Crippen LogP contribution in [0.25, 0.3) is 10.9 Å². The molecule has 0 aliphatic carbocycles. The van der Waals surface area contributed by atoms with Crippen LogP contribution in [0.2, 0.25) is 0 Å². The maximum absolute atomic E-state index is 13.7. The van der Waals surface area contributed by atoms with Crippen LogP contribution in [0.1, 0.15) is 30.1 Å². The third-order valence-electron chi connectivity index (χ3n) is 5.25. The SMILES string of the molecule is Cc1cc(N2C=C3CCCN3C2c2ccc3[nH]ncc3c2)ccc1F. The molecule has 5 rings (SSSR count). The second kappa shape index (κ2) is 5.34. The van der Waals surface area contributed by atoms with Crippen molar-refractivity contribution in [2.24, 2.45) is 0 Å². The molecule has 1 atom stereocenters. The second-order valence-electron chi connectivity index (χ2n) is 6.85. The molecule has 1 N–H and O–H groups in total. The molecule has 0 saturated carbocycles. The summed E-state index contributed by atoms with van der Waals surface area (Å²) in [6.45, 7) is 2.87. The number of H-pyrrole nitrogens is 1.